The highest BCUT2D eigenvalue weighted by molar-refractivity contribution is 6.30. The molecule has 0 fully saturated rings. The highest BCUT2D eigenvalue weighted by Gasteiger charge is 2.36. The monoisotopic (exact) mass is 388 g/mol. The molecule has 1 heterocycles. The Morgan fingerprint density at radius 2 is 2.00 bits per heavy atom. The number of rotatable bonds is 6. The molecule has 5 nitrogen and oxygen atoms in total. The summed E-state index contributed by atoms with van der Waals surface area (Å²) in [6.45, 7) is 1.08. The lowest BCUT2D eigenvalue weighted by molar-refractivity contribution is -0.137. The van der Waals surface area contributed by atoms with Gasteiger partial charge in [0.25, 0.3) is 0 Å². The second-order valence-corrected chi connectivity index (χ2v) is 5.87. The molecule has 0 unspecified atom stereocenters. The second-order valence-electron chi connectivity index (χ2n) is 5.44. The van der Waals surface area contributed by atoms with Gasteiger partial charge in [-0.2, -0.15) is 13.2 Å². The predicted octanol–water partition coefficient (Wildman–Crippen LogP) is 4.01. The maximum Gasteiger partial charge on any atom is 0.418 e. The average Bonchev–Trinajstić information content (AvgIpc) is 3.06. The molecule has 140 valence electrons. The lowest BCUT2D eigenvalue weighted by Crippen LogP contribution is -2.35. The molecular formula is C17H16ClF3N2O3. The number of furan rings is 1. The molecule has 0 spiro atoms. The maximum absolute atomic E-state index is 13.2. The van der Waals surface area contributed by atoms with Crippen LogP contribution in [0.5, 0.6) is 0 Å². The van der Waals surface area contributed by atoms with Gasteiger partial charge in [-0.05, 0) is 30.3 Å². The van der Waals surface area contributed by atoms with Crippen LogP contribution in [0.3, 0.4) is 0 Å². The molecule has 2 aromatic rings. The smallest absolute Gasteiger partial charge is 0.418 e. The van der Waals surface area contributed by atoms with E-state index in [2.05, 4.69) is 5.32 Å². The highest BCUT2D eigenvalue weighted by Crippen LogP contribution is 2.38. The first-order valence-electron chi connectivity index (χ1n) is 7.62. The van der Waals surface area contributed by atoms with Crippen molar-refractivity contribution < 1.29 is 27.2 Å². The van der Waals surface area contributed by atoms with Crippen molar-refractivity contribution in [1.82, 2.24) is 5.32 Å². The van der Waals surface area contributed by atoms with Crippen molar-refractivity contribution in [2.75, 3.05) is 11.4 Å². The Hall–Kier alpha value is -2.48. The number of amides is 2. The molecule has 2 rings (SSSR count). The van der Waals surface area contributed by atoms with E-state index in [0.29, 0.717) is 5.76 Å². The van der Waals surface area contributed by atoms with Gasteiger partial charge in [-0.1, -0.05) is 11.6 Å². The van der Waals surface area contributed by atoms with E-state index in [4.69, 9.17) is 16.0 Å². The van der Waals surface area contributed by atoms with Crippen molar-refractivity contribution in [3.05, 3.63) is 52.9 Å². The van der Waals surface area contributed by atoms with Crippen LogP contribution in [0, 0.1) is 0 Å². The third kappa shape index (κ3) is 5.26. The van der Waals surface area contributed by atoms with E-state index in [1.807, 2.05) is 0 Å². The molecule has 9 heteroatoms. The zero-order valence-corrected chi connectivity index (χ0v) is 14.5. The van der Waals surface area contributed by atoms with Crippen molar-refractivity contribution in [2.45, 2.75) is 26.1 Å². The largest absolute Gasteiger partial charge is 0.467 e. The summed E-state index contributed by atoms with van der Waals surface area (Å²) >= 11 is 5.65. The molecule has 0 atom stereocenters. The van der Waals surface area contributed by atoms with Crippen molar-refractivity contribution in [1.29, 1.82) is 0 Å². The van der Waals surface area contributed by atoms with Gasteiger partial charge in [0.1, 0.15) is 5.76 Å². The summed E-state index contributed by atoms with van der Waals surface area (Å²) in [5.41, 5.74) is -1.37. The van der Waals surface area contributed by atoms with Gasteiger partial charge in [0.15, 0.2) is 0 Å². The van der Waals surface area contributed by atoms with Crippen LogP contribution < -0.4 is 10.2 Å². The lowest BCUT2D eigenvalue weighted by Gasteiger charge is -2.25. The number of nitrogens with one attached hydrogen (secondary N) is 1. The summed E-state index contributed by atoms with van der Waals surface area (Å²) in [5.74, 6) is -0.495. The Morgan fingerprint density at radius 3 is 2.58 bits per heavy atom. The number of benzene rings is 1. The molecule has 0 aliphatic carbocycles. The lowest BCUT2D eigenvalue weighted by atomic mass is 10.1. The van der Waals surface area contributed by atoms with Gasteiger partial charge >= 0.3 is 6.18 Å². The van der Waals surface area contributed by atoms with Gasteiger partial charge in [0.2, 0.25) is 11.8 Å². The van der Waals surface area contributed by atoms with Crippen molar-refractivity contribution in [2.24, 2.45) is 0 Å². The van der Waals surface area contributed by atoms with Crippen LogP contribution in [0.25, 0.3) is 0 Å². The fourth-order valence-corrected chi connectivity index (χ4v) is 2.49. The average molecular weight is 389 g/mol. The van der Waals surface area contributed by atoms with E-state index < -0.39 is 23.6 Å². The zero-order chi connectivity index (χ0) is 19.3. The summed E-state index contributed by atoms with van der Waals surface area (Å²) in [6.07, 6.45) is -3.39. The molecule has 0 saturated carbocycles. The summed E-state index contributed by atoms with van der Waals surface area (Å²) in [6, 6.07) is 6.47. The number of nitrogens with zero attached hydrogens (tertiary/aromatic N) is 1. The third-order valence-electron chi connectivity index (χ3n) is 3.54. The summed E-state index contributed by atoms with van der Waals surface area (Å²) < 4.78 is 44.8. The minimum absolute atomic E-state index is 0.0965. The second kappa shape index (κ2) is 8.27. The first-order valence-corrected chi connectivity index (χ1v) is 8.00. The van der Waals surface area contributed by atoms with Crippen LogP contribution in [0.4, 0.5) is 18.9 Å². The maximum atomic E-state index is 13.2. The summed E-state index contributed by atoms with van der Waals surface area (Å²) in [7, 11) is 0. The SMILES string of the molecule is CC(=O)N(CCC(=O)NCc1ccco1)c1ccc(Cl)cc1C(F)(F)F. The van der Waals surface area contributed by atoms with E-state index in [-0.39, 0.29) is 30.2 Å². The number of alkyl halides is 3. The Morgan fingerprint density at radius 1 is 1.27 bits per heavy atom. The van der Waals surface area contributed by atoms with Crippen molar-refractivity contribution >= 4 is 29.1 Å². The summed E-state index contributed by atoms with van der Waals surface area (Å²) in [5, 5.41) is 2.47. The molecule has 0 aliphatic rings. The standard InChI is InChI=1S/C17H16ClF3N2O3/c1-11(24)23(7-6-16(25)22-10-13-3-2-8-26-13)15-5-4-12(18)9-14(15)17(19,20)21/h2-5,8-9H,6-7,10H2,1H3,(H,22,25). The molecule has 1 aromatic heterocycles. The number of anilines is 1. The number of halogens is 4. The minimum atomic E-state index is -4.69. The molecule has 1 aromatic carbocycles. The molecule has 0 aliphatic heterocycles. The molecule has 26 heavy (non-hydrogen) atoms. The molecule has 1 N–H and O–H groups in total. The molecule has 0 bridgehead atoms. The zero-order valence-electron chi connectivity index (χ0n) is 13.8. The Labute approximate surface area is 152 Å². The van der Waals surface area contributed by atoms with E-state index in [9.17, 15) is 22.8 Å². The van der Waals surface area contributed by atoms with Crippen LogP contribution in [-0.4, -0.2) is 18.4 Å². The van der Waals surface area contributed by atoms with Crippen LogP contribution in [0.2, 0.25) is 5.02 Å². The van der Waals surface area contributed by atoms with E-state index in [1.54, 1.807) is 12.1 Å². The van der Waals surface area contributed by atoms with Gasteiger partial charge in [0.05, 0.1) is 24.1 Å². The summed E-state index contributed by atoms with van der Waals surface area (Å²) in [4.78, 5) is 24.7. The Kier molecular flexibility index (Phi) is 6.31. The highest BCUT2D eigenvalue weighted by atomic mass is 35.5. The molecular weight excluding hydrogens is 373 g/mol. The third-order valence-corrected chi connectivity index (χ3v) is 3.77. The van der Waals surface area contributed by atoms with E-state index >= 15 is 0 Å². The van der Waals surface area contributed by atoms with Gasteiger partial charge < -0.3 is 14.6 Å². The fraction of sp³-hybridized carbons (Fsp3) is 0.294. The van der Waals surface area contributed by atoms with Gasteiger partial charge in [-0.3, -0.25) is 9.59 Å². The number of carbonyl (C=O) groups excluding carboxylic acids is 2. The van der Waals surface area contributed by atoms with Crippen LogP contribution in [-0.2, 0) is 22.3 Å². The first kappa shape index (κ1) is 19.8. The van der Waals surface area contributed by atoms with Gasteiger partial charge in [-0.15, -0.1) is 0 Å². The Bertz CT molecular complexity index is 776. The number of hydrogen-bond donors (Lipinski definition) is 1. The minimum Gasteiger partial charge on any atom is -0.467 e. The van der Waals surface area contributed by atoms with Crippen molar-refractivity contribution in [3.63, 3.8) is 0 Å². The van der Waals surface area contributed by atoms with E-state index in [1.165, 1.54) is 12.3 Å². The van der Waals surface area contributed by atoms with E-state index in [0.717, 1.165) is 24.0 Å². The predicted molar refractivity (Wildman–Crippen MR) is 89.7 cm³/mol. The molecule has 2 amide bonds. The molecule has 0 saturated heterocycles. The van der Waals surface area contributed by atoms with Gasteiger partial charge in [0, 0.05) is 24.9 Å². The van der Waals surface area contributed by atoms with Crippen molar-refractivity contribution in [3.8, 4) is 0 Å². The molecule has 0 radical (unpaired) electrons. The first-order chi connectivity index (χ1) is 12.2. The fourth-order valence-electron chi connectivity index (χ4n) is 2.32. The van der Waals surface area contributed by atoms with Crippen LogP contribution in [0.1, 0.15) is 24.7 Å². The number of carbonyl (C=O) groups is 2. The topological polar surface area (TPSA) is 62.6 Å². The van der Waals surface area contributed by atoms with Crippen LogP contribution in [0.15, 0.2) is 41.0 Å². The Balaban J connectivity index is 2.09. The van der Waals surface area contributed by atoms with Gasteiger partial charge in [-0.25, -0.2) is 0 Å². The van der Waals surface area contributed by atoms with Crippen LogP contribution >= 0.6 is 11.6 Å². The normalized spacial score (nSPS) is 11.3. The number of hydrogen-bond acceptors (Lipinski definition) is 3. The quantitative estimate of drug-likeness (QED) is 0.813.